The molecule has 0 aliphatic rings. The predicted octanol–water partition coefficient (Wildman–Crippen LogP) is 2.17. The lowest BCUT2D eigenvalue weighted by molar-refractivity contribution is 0.0785. The van der Waals surface area contributed by atoms with Crippen molar-refractivity contribution in [1.29, 1.82) is 0 Å². The summed E-state index contributed by atoms with van der Waals surface area (Å²) in [7, 11) is -0.251. The molecule has 0 fully saturated rings. The van der Waals surface area contributed by atoms with Crippen molar-refractivity contribution in [2.24, 2.45) is 7.05 Å². The summed E-state index contributed by atoms with van der Waals surface area (Å²) in [5.41, 5.74) is 2.06. The number of benzene rings is 2. The molecule has 0 atom stereocenters. The van der Waals surface area contributed by atoms with Gasteiger partial charge in [-0.25, -0.2) is 13.1 Å². The lowest BCUT2D eigenvalue weighted by Crippen LogP contribution is -2.27. The van der Waals surface area contributed by atoms with Crippen LogP contribution in [0, 0.1) is 0 Å². The Morgan fingerprint density at radius 1 is 1.11 bits per heavy atom. The molecule has 0 spiro atoms. The minimum Gasteiger partial charge on any atom is -0.337 e. The number of carbonyl (C=O) groups excluding carboxylic acids is 1. The minimum atomic E-state index is -3.73. The van der Waals surface area contributed by atoms with Crippen molar-refractivity contribution in [3.63, 3.8) is 0 Å². The van der Waals surface area contributed by atoms with Gasteiger partial charge in [0.05, 0.1) is 11.1 Å². The van der Waals surface area contributed by atoms with Crippen molar-refractivity contribution < 1.29 is 13.2 Å². The van der Waals surface area contributed by atoms with Crippen molar-refractivity contribution in [1.82, 2.24) is 19.4 Å². The van der Waals surface area contributed by atoms with E-state index in [1.807, 2.05) is 43.6 Å². The average Bonchev–Trinajstić information content (AvgIpc) is 3.11. The van der Waals surface area contributed by atoms with E-state index in [1.165, 1.54) is 17.0 Å². The Morgan fingerprint density at radius 2 is 1.86 bits per heavy atom. The van der Waals surface area contributed by atoms with Gasteiger partial charge < -0.3 is 4.90 Å². The normalized spacial score (nSPS) is 11.4. The molecule has 28 heavy (non-hydrogen) atoms. The fourth-order valence-electron chi connectivity index (χ4n) is 2.77. The first-order valence-corrected chi connectivity index (χ1v) is 10.2. The van der Waals surface area contributed by atoms with Crippen LogP contribution in [0.4, 0.5) is 0 Å². The number of nitrogens with zero attached hydrogens (tertiary/aromatic N) is 3. The summed E-state index contributed by atoms with van der Waals surface area (Å²) >= 11 is 0. The van der Waals surface area contributed by atoms with Crippen LogP contribution in [0.5, 0.6) is 0 Å². The van der Waals surface area contributed by atoms with Gasteiger partial charge in [-0.3, -0.25) is 9.48 Å². The van der Waals surface area contributed by atoms with Crippen LogP contribution in [-0.4, -0.2) is 36.1 Å². The largest absolute Gasteiger partial charge is 0.337 e. The van der Waals surface area contributed by atoms with E-state index in [0.717, 1.165) is 11.1 Å². The smallest absolute Gasteiger partial charge is 0.253 e. The van der Waals surface area contributed by atoms with Gasteiger partial charge in [0, 0.05) is 44.5 Å². The summed E-state index contributed by atoms with van der Waals surface area (Å²) in [6.45, 7) is 0.568. The Hall–Kier alpha value is -2.97. The number of rotatable bonds is 7. The summed E-state index contributed by atoms with van der Waals surface area (Å²) in [5, 5.41) is 4.08. The number of aromatic nitrogens is 2. The fourth-order valence-corrected chi connectivity index (χ4v) is 3.84. The Morgan fingerprint density at radius 3 is 2.54 bits per heavy atom. The van der Waals surface area contributed by atoms with Crippen LogP contribution in [0.3, 0.4) is 0 Å². The Balaban J connectivity index is 1.72. The second-order valence-corrected chi connectivity index (χ2v) is 8.29. The second kappa shape index (κ2) is 8.37. The summed E-state index contributed by atoms with van der Waals surface area (Å²) in [6, 6.07) is 15.3. The molecular weight excluding hydrogens is 376 g/mol. The number of aryl methyl sites for hydroxylation is 1. The van der Waals surface area contributed by atoms with Crippen molar-refractivity contribution in [3.05, 3.63) is 83.7 Å². The second-order valence-electron chi connectivity index (χ2n) is 6.52. The summed E-state index contributed by atoms with van der Waals surface area (Å²) < 4.78 is 29.4. The van der Waals surface area contributed by atoms with Gasteiger partial charge in [0.2, 0.25) is 10.0 Å². The van der Waals surface area contributed by atoms with Crippen LogP contribution in [0.25, 0.3) is 0 Å². The molecule has 8 heteroatoms. The zero-order valence-corrected chi connectivity index (χ0v) is 16.6. The zero-order valence-electron chi connectivity index (χ0n) is 15.7. The van der Waals surface area contributed by atoms with E-state index in [2.05, 4.69) is 9.82 Å². The maximum atomic E-state index is 12.7. The molecule has 3 rings (SSSR count). The molecule has 7 nitrogen and oxygen atoms in total. The van der Waals surface area contributed by atoms with Crippen LogP contribution in [-0.2, 0) is 30.2 Å². The number of hydrogen-bond acceptors (Lipinski definition) is 4. The topological polar surface area (TPSA) is 84.3 Å². The number of hydrogen-bond donors (Lipinski definition) is 1. The van der Waals surface area contributed by atoms with Crippen LogP contribution in [0.15, 0.2) is 71.9 Å². The zero-order chi connectivity index (χ0) is 20.1. The van der Waals surface area contributed by atoms with Gasteiger partial charge in [-0.2, -0.15) is 5.10 Å². The van der Waals surface area contributed by atoms with E-state index < -0.39 is 10.0 Å². The summed E-state index contributed by atoms with van der Waals surface area (Å²) in [4.78, 5) is 14.3. The lowest BCUT2D eigenvalue weighted by Gasteiger charge is -2.17. The van der Waals surface area contributed by atoms with Crippen LogP contribution in [0.2, 0.25) is 0 Å². The molecule has 0 bridgehead atoms. The molecule has 1 amide bonds. The number of nitrogens with one attached hydrogen (secondary N) is 1. The van der Waals surface area contributed by atoms with Gasteiger partial charge >= 0.3 is 0 Å². The third-order valence-electron chi connectivity index (χ3n) is 4.23. The van der Waals surface area contributed by atoms with Gasteiger partial charge in [-0.15, -0.1) is 0 Å². The molecule has 146 valence electrons. The first kappa shape index (κ1) is 19.8. The molecule has 0 saturated heterocycles. The van der Waals surface area contributed by atoms with Crippen LogP contribution in [0.1, 0.15) is 21.5 Å². The van der Waals surface area contributed by atoms with Crippen LogP contribution >= 0.6 is 0 Å². The molecule has 1 aromatic heterocycles. The van der Waals surface area contributed by atoms with Gasteiger partial charge in [0.1, 0.15) is 0 Å². The van der Waals surface area contributed by atoms with E-state index in [4.69, 9.17) is 0 Å². The summed E-state index contributed by atoms with van der Waals surface area (Å²) in [6.07, 6.45) is 3.52. The molecule has 0 unspecified atom stereocenters. The highest BCUT2D eigenvalue weighted by Gasteiger charge is 2.18. The maximum absolute atomic E-state index is 12.7. The average molecular weight is 398 g/mol. The first-order chi connectivity index (χ1) is 13.3. The minimum absolute atomic E-state index is 0.0593. The number of carbonyl (C=O) groups is 1. The number of sulfonamides is 1. The molecule has 0 radical (unpaired) electrons. The first-order valence-electron chi connectivity index (χ1n) is 8.72. The van der Waals surface area contributed by atoms with Gasteiger partial charge in [-0.1, -0.05) is 36.4 Å². The summed E-state index contributed by atoms with van der Waals surface area (Å²) in [5.74, 6) is -0.260. The molecule has 0 aliphatic heterocycles. The van der Waals surface area contributed by atoms with Crippen molar-refractivity contribution in [2.75, 3.05) is 7.05 Å². The molecule has 0 aliphatic carbocycles. The molecule has 2 aromatic carbocycles. The van der Waals surface area contributed by atoms with Gasteiger partial charge in [0.15, 0.2) is 0 Å². The predicted molar refractivity (Wildman–Crippen MR) is 106 cm³/mol. The Kier molecular flexibility index (Phi) is 5.91. The number of amides is 1. The van der Waals surface area contributed by atoms with Gasteiger partial charge in [-0.05, 0) is 23.8 Å². The lowest BCUT2D eigenvalue weighted by atomic mass is 10.2. The van der Waals surface area contributed by atoms with Crippen molar-refractivity contribution in [3.8, 4) is 0 Å². The molecular formula is C20H22N4O3S. The van der Waals surface area contributed by atoms with E-state index in [-0.39, 0.29) is 17.3 Å². The van der Waals surface area contributed by atoms with Crippen molar-refractivity contribution in [2.45, 2.75) is 18.0 Å². The van der Waals surface area contributed by atoms with Gasteiger partial charge in [0.25, 0.3) is 5.91 Å². The van der Waals surface area contributed by atoms with Crippen molar-refractivity contribution >= 4 is 15.9 Å². The van der Waals surface area contributed by atoms with E-state index >= 15 is 0 Å². The highest BCUT2D eigenvalue weighted by Crippen LogP contribution is 2.15. The Bertz CT molecular complexity index is 1060. The molecule has 0 saturated carbocycles. The SMILES string of the molecule is CN(Cc1cnn(C)c1)C(=O)c1cccc(S(=O)(=O)NCc2ccccc2)c1. The van der Waals surface area contributed by atoms with E-state index in [1.54, 1.807) is 30.1 Å². The molecule has 1 heterocycles. The van der Waals surface area contributed by atoms with E-state index in [9.17, 15) is 13.2 Å². The molecule has 1 N–H and O–H groups in total. The quantitative estimate of drug-likeness (QED) is 0.661. The van der Waals surface area contributed by atoms with E-state index in [0.29, 0.717) is 12.1 Å². The van der Waals surface area contributed by atoms with Crippen LogP contribution < -0.4 is 4.72 Å². The molecule has 3 aromatic rings. The maximum Gasteiger partial charge on any atom is 0.253 e. The highest BCUT2D eigenvalue weighted by molar-refractivity contribution is 7.89. The third-order valence-corrected chi connectivity index (χ3v) is 5.62. The monoisotopic (exact) mass is 398 g/mol. The fraction of sp³-hybridized carbons (Fsp3) is 0.200. The standard InChI is InChI=1S/C20H22N4O3S/c1-23(14-17-12-21-24(2)15-17)20(25)18-9-6-10-19(11-18)28(26,27)22-13-16-7-4-3-5-8-16/h3-12,15,22H,13-14H2,1-2H3. The highest BCUT2D eigenvalue weighted by atomic mass is 32.2. The third kappa shape index (κ3) is 4.85. The Labute approximate surface area is 164 Å².